The molecule has 0 radical (unpaired) electrons. The highest BCUT2D eigenvalue weighted by Crippen LogP contribution is 1.74. The fraction of sp³-hybridized carbons (Fsp3) is 0.667. The van der Waals surface area contributed by atoms with Gasteiger partial charge < -0.3 is 5.73 Å². The SMILES string of the molecule is Cn1nc(N)[n+](C)n1. The van der Waals surface area contributed by atoms with Gasteiger partial charge in [0.05, 0.1) is 12.1 Å². The Morgan fingerprint density at radius 1 is 1.75 bits per heavy atom. The molecule has 0 bridgehead atoms. The van der Waals surface area contributed by atoms with Gasteiger partial charge in [0.1, 0.15) is 7.05 Å². The first-order valence-corrected chi connectivity index (χ1v) is 2.23. The predicted molar refractivity (Wildman–Crippen MR) is 26.6 cm³/mol. The van der Waals surface area contributed by atoms with Crippen LogP contribution in [0.5, 0.6) is 0 Å². The molecule has 1 heterocycles. The van der Waals surface area contributed by atoms with Gasteiger partial charge in [-0.15, -0.1) is 4.68 Å². The van der Waals surface area contributed by atoms with Crippen molar-refractivity contribution in [3.8, 4) is 0 Å². The average molecular weight is 114 g/mol. The van der Waals surface area contributed by atoms with E-state index in [1.54, 1.807) is 14.1 Å². The van der Waals surface area contributed by atoms with E-state index < -0.39 is 0 Å². The summed E-state index contributed by atoms with van der Waals surface area (Å²) in [5.74, 6) is 0.424. The smallest absolute Gasteiger partial charge is 0.304 e. The van der Waals surface area contributed by atoms with Crippen LogP contribution in [0.3, 0.4) is 0 Å². The molecule has 0 aliphatic rings. The van der Waals surface area contributed by atoms with Gasteiger partial charge in [-0.05, 0) is 0 Å². The molecule has 0 aliphatic heterocycles. The summed E-state index contributed by atoms with van der Waals surface area (Å²) in [6, 6.07) is 0. The Kier molecular flexibility index (Phi) is 0.896. The lowest BCUT2D eigenvalue weighted by molar-refractivity contribution is -0.719. The first kappa shape index (κ1) is 5.02. The average Bonchev–Trinajstić information content (AvgIpc) is 1.85. The Morgan fingerprint density at radius 2 is 2.38 bits per heavy atom. The highest BCUT2D eigenvalue weighted by Gasteiger charge is 2.03. The van der Waals surface area contributed by atoms with Gasteiger partial charge in [0, 0.05) is 5.21 Å². The van der Waals surface area contributed by atoms with Crippen molar-refractivity contribution in [2.45, 2.75) is 0 Å². The molecule has 5 heteroatoms. The monoisotopic (exact) mass is 114 g/mol. The number of rotatable bonds is 0. The Bertz CT molecular complexity index is 170. The third kappa shape index (κ3) is 0.617. The van der Waals surface area contributed by atoms with Crippen molar-refractivity contribution in [2.24, 2.45) is 14.1 Å². The quantitative estimate of drug-likeness (QED) is 0.406. The Morgan fingerprint density at radius 3 is 2.50 bits per heavy atom. The molecule has 0 amide bonds. The molecule has 0 fully saturated rings. The van der Waals surface area contributed by atoms with Crippen LogP contribution in [-0.2, 0) is 14.1 Å². The summed E-state index contributed by atoms with van der Waals surface area (Å²) in [6.07, 6.45) is 0. The van der Waals surface area contributed by atoms with Crippen LogP contribution in [0.25, 0.3) is 0 Å². The second-order valence-electron chi connectivity index (χ2n) is 1.56. The summed E-state index contributed by atoms with van der Waals surface area (Å²) >= 11 is 0. The van der Waals surface area contributed by atoms with Crippen LogP contribution in [0.15, 0.2) is 0 Å². The molecular formula is C3H8N5+. The number of nitrogens with zero attached hydrogens (tertiary/aromatic N) is 4. The minimum Gasteiger partial charge on any atom is -0.304 e. The lowest BCUT2D eigenvalue weighted by atomic mass is 11.0. The lowest BCUT2D eigenvalue weighted by Crippen LogP contribution is -2.33. The van der Waals surface area contributed by atoms with E-state index in [0.29, 0.717) is 5.95 Å². The van der Waals surface area contributed by atoms with Crippen molar-refractivity contribution in [3.05, 3.63) is 0 Å². The number of anilines is 1. The summed E-state index contributed by atoms with van der Waals surface area (Å²) in [4.78, 5) is 1.41. The molecular weight excluding hydrogens is 106 g/mol. The van der Waals surface area contributed by atoms with Gasteiger partial charge in [-0.3, -0.25) is 0 Å². The maximum Gasteiger partial charge on any atom is 0.395 e. The molecule has 0 saturated carbocycles. The standard InChI is InChI=1S/C3H8N5/c1-7-3(4)5-8(2)6-7/h1-2H3,(H2,4,5,6)/q+1. The van der Waals surface area contributed by atoms with E-state index >= 15 is 0 Å². The van der Waals surface area contributed by atoms with Gasteiger partial charge >= 0.3 is 5.95 Å². The van der Waals surface area contributed by atoms with Gasteiger partial charge in [-0.1, -0.05) is 4.80 Å². The van der Waals surface area contributed by atoms with E-state index in [2.05, 4.69) is 10.3 Å². The second-order valence-corrected chi connectivity index (χ2v) is 1.56. The molecule has 0 aliphatic carbocycles. The molecule has 0 saturated heterocycles. The summed E-state index contributed by atoms with van der Waals surface area (Å²) < 4.78 is 1.50. The van der Waals surface area contributed by atoms with Crippen LogP contribution in [0.2, 0.25) is 0 Å². The maximum atomic E-state index is 5.31. The largest absolute Gasteiger partial charge is 0.395 e. The third-order valence-corrected chi connectivity index (χ3v) is 0.842. The number of aromatic nitrogens is 4. The zero-order valence-corrected chi connectivity index (χ0v) is 4.87. The van der Waals surface area contributed by atoms with E-state index in [-0.39, 0.29) is 0 Å². The van der Waals surface area contributed by atoms with Crippen LogP contribution in [-0.4, -0.2) is 15.1 Å². The molecule has 1 aromatic rings. The minimum absolute atomic E-state index is 0.424. The van der Waals surface area contributed by atoms with E-state index in [9.17, 15) is 0 Å². The number of tetrazole rings is 1. The predicted octanol–water partition coefficient (Wildman–Crippen LogP) is -1.78. The second kappa shape index (κ2) is 1.43. The zero-order valence-electron chi connectivity index (χ0n) is 4.87. The van der Waals surface area contributed by atoms with Gasteiger partial charge in [0.2, 0.25) is 0 Å². The van der Waals surface area contributed by atoms with Crippen LogP contribution in [0, 0.1) is 0 Å². The molecule has 8 heavy (non-hydrogen) atoms. The van der Waals surface area contributed by atoms with Gasteiger partial charge in [-0.2, -0.15) is 0 Å². The van der Waals surface area contributed by atoms with Crippen LogP contribution in [0.1, 0.15) is 0 Å². The van der Waals surface area contributed by atoms with Gasteiger partial charge in [-0.25, -0.2) is 0 Å². The van der Waals surface area contributed by atoms with Crippen LogP contribution >= 0.6 is 0 Å². The fourth-order valence-corrected chi connectivity index (χ4v) is 0.473. The summed E-state index contributed by atoms with van der Waals surface area (Å²) in [5.41, 5.74) is 5.31. The molecule has 2 N–H and O–H groups in total. The van der Waals surface area contributed by atoms with Crippen molar-refractivity contribution in [1.82, 2.24) is 15.1 Å². The van der Waals surface area contributed by atoms with Gasteiger partial charge in [0.25, 0.3) is 0 Å². The number of nitrogen functional groups attached to an aromatic ring is 1. The van der Waals surface area contributed by atoms with Crippen molar-refractivity contribution >= 4 is 5.95 Å². The number of hydrogen-bond donors (Lipinski definition) is 1. The van der Waals surface area contributed by atoms with Crippen LogP contribution < -0.4 is 10.4 Å². The maximum absolute atomic E-state index is 5.31. The number of hydrogen-bond acceptors (Lipinski definition) is 3. The van der Waals surface area contributed by atoms with Crippen molar-refractivity contribution < 1.29 is 4.68 Å². The summed E-state index contributed by atoms with van der Waals surface area (Å²) in [6.45, 7) is 0. The van der Waals surface area contributed by atoms with E-state index in [4.69, 9.17) is 5.73 Å². The first-order valence-electron chi connectivity index (χ1n) is 2.23. The molecule has 0 unspecified atom stereocenters. The highest BCUT2D eigenvalue weighted by atomic mass is 15.6. The molecule has 44 valence electrons. The summed E-state index contributed by atoms with van der Waals surface area (Å²) in [5, 5.41) is 7.56. The van der Waals surface area contributed by atoms with Crippen molar-refractivity contribution in [2.75, 3.05) is 5.73 Å². The lowest BCUT2D eigenvalue weighted by Gasteiger charge is -1.73. The normalized spacial score (nSPS) is 9.75. The Labute approximate surface area is 46.7 Å². The Balaban J connectivity index is 3.14. The van der Waals surface area contributed by atoms with E-state index in [1.807, 2.05) is 0 Å². The zero-order chi connectivity index (χ0) is 6.15. The van der Waals surface area contributed by atoms with E-state index in [0.717, 1.165) is 0 Å². The number of aryl methyl sites for hydroxylation is 2. The minimum atomic E-state index is 0.424. The van der Waals surface area contributed by atoms with Crippen molar-refractivity contribution in [1.29, 1.82) is 0 Å². The molecule has 1 rings (SSSR count). The van der Waals surface area contributed by atoms with Crippen molar-refractivity contribution in [3.63, 3.8) is 0 Å². The van der Waals surface area contributed by atoms with Crippen LogP contribution in [0.4, 0.5) is 5.95 Å². The molecule has 0 aromatic carbocycles. The van der Waals surface area contributed by atoms with E-state index in [1.165, 1.54) is 9.48 Å². The highest BCUT2D eigenvalue weighted by molar-refractivity contribution is 4.97. The summed E-state index contributed by atoms with van der Waals surface area (Å²) in [7, 11) is 3.46. The fourth-order valence-electron chi connectivity index (χ4n) is 0.473. The number of nitrogens with two attached hydrogens (primary N) is 1. The third-order valence-electron chi connectivity index (χ3n) is 0.842. The molecule has 1 aromatic heterocycles. The van der Waals surface area contributed by atoms with Gasteiger partial charge in [0.15, 0.2) is 0 Å². The molecule has 0 spiro atoms. The topological polar surface area (TPSA) is 60.6 Å². The molecule has 0 atom stereocenters. The molecule has 5 nitrogen and oxygen atoms in total. The first-order chi connectivity index (χ1) is 3.70. The Hall–Kier alpha value is -1.13.